The number of rotatable bonds is 5. The smallest absolute Gasteiger partial charge is 0.000525 e. The molecule has 24 heavy (non-hydrogen) atoms. The summed E-state index contributed by atoms with van der Waals surface area (Å²) >= 11 is 5.74. The monoisotopic (exact) mass is 344 g/mol. The fourth-order valence-electron chi connectivity index (χ4n) is 4.99. The molecule has 2 saturated carbocycles. The van der Waals surface area contributed by atoms with Crippen LogP contribution in [-0.4, -0.2) is 0 Å². The van der Waals surface area contributed by atoms with Gasteiger partial charge in [0, 0.05) is 5.54 Å². The Balaban J connectivity index is 1.37. The van der Waals surface area contributed by atoms with Crippen molar-refractivity contribution in [2.75, 3.05) is 0 Å². The lowest BCUT2D eigenvalue weighted by atomic mass is 9.68. The summed E-state index contributed by atoms with van der Waals surface area (Å²) in [6.45, 7) is 2.17. The number of aryl methyl sites for hydroxylation is 2. The van der Waals surface area contributed by atoms with E-state index >= 15 is 0 Å². The van der Waals surface area contributed by atoms with Crippen molar-refractivity contribution >= 4 is 11.6 Å². The maximum Gasteiger partial charge on any atom is 0.000525 e. The van der Waals surface area contributed by atoms with Gasteiger partial charge in [-0.05, 0) is 87.5 Å². The van der Waals surface area contributed by atoms with E-state index in [9.17, 15) is 0 Å². The maximum atomic E-state index is 5.74. The fraction of sp³-hybridized carbons (Fsp3) is 0.652. The number of halogens is 1. The molecular weight excluding hydrogens is 312 g/mol. The Morgan fingerprint density at radius 1 is 0.875 bits per heavy atom. The molecule has 0 atom stereocenters. The average molecular weight is 345 g/mol. The number of hydrogen-bond donors (Lipinski definition) is 0. The molecule has 1 heteroatoms. The molecule has 0 unspecified atom stereocenters. The van der Waals surface area contributed by atoms with Gasteiger partial charge in [0.2, 0.25) is 0 Å². The highest BCUT2D eigenvalue weighted by molar-refractivity contribution is 6.25. The minimum atomic E-state index is 0.754. The number of benzene rings is 1. The molecule has 0 saturated heterocycles. The molecule has 2 aliphatic carbocycles. The molecular formula is C23H33Cl. The van der Waals surface area contributed by atoms with Gasteiger partial charge in [-0.1, -0.05) is 60.3 Å². The van der Waals surface area contributed by atoms with Crippen molar-refractivity contribution < 1.29 is 0 Å². The Kier molecular flexibility index (Phi) is 6.84. The third-order valence-electron chi connectivity index (χ3n) is 6.68. The first-order chi connectivity index (χ1) is 11.7. The number of allylic oxidation sites excluding steroid dienone is 1. The highest BCUT2D eigenvalue weighted by Gasteiger charge is 2.30. The molecule has 3 rings (SSSR count). The van der Waals surface area contributed by atoms with Crippen LogP contribution in [0, 0.1) is 30.6 Å². The van der Waals surface area contributed by atoms with Gasteiger partial charge in [-0.3, -0.25) is 0 Å². The van der Waals surface area contributed by atoms with Gasteiger partial charge < -0.3 is 0 Å². The Bertz CT molecular complexity index is 499. The summed E-state index contributed by atoms with van der Waals surface area (Å²) in [5, 5.41) is 0. The predicted octanol–water partition coefficient (Wildman–Crippen LogP) is 7.29. The third kappa shape index (κ3) is 5.12. The van der Waals surface area contributed by atoms with E-state index in [0.29, 0.717) is 0 Å². The molecule has 0 heterocycles. The first-order valence-corrected chi connectivity index (χ1v) is 10.5. The standard InChI is InChI=1S/C23H33Cl/c1-18-2-4-19(5-3-18)6-7-20-8-12-22(13-9-20)23-14-10-21(11-15-23)16-17-24/h2-5,16-17,20-23H,6-15H2,1H3. The van der Waals surface area contributed by atoms with Crippen LogP contribution in [0.1, 0.15) is 68.9 Å². The van der Waals surface area contributed by atoms with Gasteiger partial charge in [0.1, 0.15) is 0 Å². The molecule has 0 radical (unpaired) electrons. The molecule has 1 aromatic rings. The lowest BCUT2D eigenvalue weighted by Gasteiger charge is -2.37. The Morgan fingerprint density at radius 3 is 2.04 bits per heavy atom. The lowest BCUT2D eigenvalue weighted by molar-refractivity contribution is 0.153. The van der Waals surface area contributed by atoms with Crippen molar-refractivity contribution in [1.82, 2.24) is 0 Å². The molecule has 2 fully saturated rings. The molecule has 132 valence electrons. The van der Waals surface area contributed by atoms with Gasteiger partial charge in [0.05, 0.1) is 0 Å². The van der Waals surface area contributed by atoms with Crippen LogP contribution < -0.4 is 0 Å². The highest BCUT2D eigenvalue weighted by Crippen LogP contribution is 2.42. The Hall–Kier alpha value is -0.750. The zero-order valence-electron chi connectivity index (χ0n) is 15.2. The van der Waals surface area contributed by atoms with Crippen molar-refractivity contribution in [1.29, 1.82) is 0 Å². The summed E-state index contributed by atoms with van der Waals surface area (Å²) in [5.41, 5.74) is 4.62. The fourth-order valence-corrected chi connectivity index (χ4v) is 5.19. The summed E-state index contributed by atoms with van der Waals surface area (Å²) < 4.78 is 0. The van der Waals surface area contributed by atoms with E-state index in [4.69, 9.17) is 11.6 Å². The SMILES string of the molecule is Cc1ccc(CCC2CCC(C3CCC(C=CCl)CC3)CC2)cc1. The minimum absolute atomic E-state index is 0.754. The molecule has 0 bridgehead atoms. The second-order valence-corrected chi connectivity index (χ2v) is 8.55. The van der Waals surface area contributed by atoms with Crippen LogP contribution in [0.3, 0.4) is 0 Å². The largest absolute Gasteiger partial charge is 0.0933 e. The van der Waals surface area contributed by atoms with E-state index in [-0.39, 0.29) is 0 Å². The second-order valence-electron chi connectivity index (χ2n) is 8.30. The molecule has 0 nitrogen and oxygen atoms in total. The van der Waals surface area contributed by atoms with Gasteiger partial charge in [-0.15, -0.1) is 0 Å². The first-order valence-electron chi connectivity index (χ1n) is 10.1. The van der Waals surface area contributed by atoms with Crippen LogP contribution in [0.4, 0.5) is 0 Å². The van der Waals surface area contributed by atoms with Crippen LogP contribution in [-0.2, 0) is 6.42 Å². The summed E-state index contributed by atoms with van der Waals surface area (Å²) in [6.07, 6.45) is 16.4. The van der Waals surface area contributed by atoms with Gasteiger partial charge in [0.25, 0.3) is 0 Å². The molecule has 0 aromatic heterocycles. The third-order valence-corrected chi connectivity index (χ3v) is 6.83. The van der Waals surface area contributed by atoms with Gasteiger partial charge in [-0.25, -0.2) is 0 Å². The summed E-state index contributed by atoms with van der Waals surface area (Å²) in [7, 11) is 0. The Morgan fingerprint density at radius 2 is 1.46 bits per heavy atom. The van der Waals surface area contributed by atoms with Crippen molar-refractivity contribution in [3.8, 4) is 0 Å². The predicted molar refractivity (Wildman–Crippen MR) is 105 cm³/mol. The molecule has 2 aliphatic rings. The molecule has 0 spiro atoms. The van der Waals surface area contributed by atoms with Crippen LogP contribution in [0.25, 0.3) is 0 Å². The van der Waals surface area contributed by atoms with E-state index in [1.165, 1.54) is 75.3 Å². The molecule has 0 N–H and O–H groups in total. The van der Waals surface area contributed by atoms with Crippen molar-refractivity contribution in [3.63, 3.8) is 0 Å². The zero-order chi connectivity index (χ0) is 16.8. The van der Waals surface area contributed by atoms with Crippen molar-refractivity contribution in [3.05, 3.63) is 47.0 Å². The van der Waals surface area contributed by atoms with E-state index in [0.717, 1.165) is 23.7 Å². The molecule has 0 amide bonds. The quantitative estimate of drug-likeness (QED) is 0.525. The lowest BCUT2D eigenvalue weighted by Crippen LogP contribution is -2.25. The van der Waals surface area contributed by atoms with Crippen LogP contribution >= 0.6 is 11.6 Å². The van der Waals surface area contributed by atoms with Gasteiger partial charge in [0.15, 0.2) is 0 Å². The second kappa shape index (κ2) is 9.09. The van der Waals surface area contributed by atoms with E-state index in [2.05, 4.69) is 37.3 Å². The summed E-state index contributed by atoms with van der Waals surface area (Å²) in [5.74, 6) is 3.74. The highest BCUT2D eigenvalue weighted by atomic mass is 35.5. The normalized spacial score (nSPS) is 31.4. The first kappa shape index (κ1) is 18.1. The zero-order valence-corrected chi connectivity index (χ0v) is 16.0. The van der Waals surface area contributed by atoms with Crippen molar-refractivity contribution in [2.24, 2.45) is 23.7 Å². The van der Waals surface area contributed by atoms with E-state index in [1.54, 1.807) is 5.54 Å². The van der Waals surface area contributed by atoms with Gasteiger partial charge in [-0.2, -0.15) is 0 Å². The molecule has 1 aromatic carbocycles. The van der Waals surface area contributed by atoms with Crippen LogP contribution in [0.15, 0.2) is 35.9 Å². The average Bonchev–Trinajstić information content (AvgIpc) is 2.63. The summed E-state index contributed by atoms with van der Waals surface area (Å²) in [4.78, 5) is 0. The van der Waals surface area contributed by atoms with Crippen molar-refractivity contribution in [2.45, 2.75) is 71.1 Å². The molecule has 0 aliphatic heterocycles. The Labute approximate surface area is 153 Å². The van der Waals surface area contributed by atoms with Crippen LogP contribution in [0.5, 0.6) is 0 Å². The van der Waals surface area contributed by atoms with Crippen LogP contribution in [0.2, 0.25) is 0 Å². The summed E-state index contributed by atoms with van der Waals surface area (Å²) in [6, 6.07) is 9.13. The minimum Gasteiger partial charge on any atom is -0.0933 e. The van der Waals surface area contributed by atoms with E-state index in [1.807, 2.05) is 0 Å². The van der Waals surface area contributed by atoms with Gasteiger partial charge >= 0.3 is 0 Å². The van der Waals surface area contributed by atoms with E-state index < -0.39 is 0 Å². The number of hydrogen-bond acceptors (Lipinski definition) is 0. The topological polar surface area (TPSA) is 0 Å². The maximum absolute atomic E-state index is 5.74.